The number of sulfonamides is 1. The van der Waals surface area contributed by atoms with Gasteiger partial charge in [-0.2, -0.15) is 0 Å². The van der Waals surface area contributed by atoms with Crippen LogP contribution in [0.25, 0.3) is 10.9 Å². The number of benzene rings is 2. The van der Waals surface area contributed by atoms with Gasteiger partial charge in [0.25, 0.3) is 5.91 Å². The van der Waals surface area contributed by atoms with Crippen molar-refractivity contribution in [2.24, 2.45) is 0 Å². The van der Waals surface area contributed by atoms with Crippen molar-refractivity contribution in [2.75, 3.05) is 6.26 Å². The molecular weight excluding hydrogens is 386 g/mol. The molecule has 0 saturated carbocycles. The van der Waals surface area contributed by atoms with Crippen LogP contribution in [0.5, 0.6) is 0 Å². The predicted molar refractivity (Wildman–Crippen MR) is 105 cm³/mol. The number of fused-ring (bicyclic) bond motifs is 2. The number of nitrogens with one attached hydrogen (secondary N) is 3. The normalized spacial score (nSPS) is 19.2. The van der Waals surface area contributed by atoms with Crippen LogP contribution in [0, 0.1) is 0 Å². The average molecular weight is 404 g/mol. The first kappa shape index (κ1) is 18.0. The Hall–Kier alpha value is -2.35. The number of hydrogen-bond acceptors (Lipinski definition) is 3. The number of rotatable bonds is 4. The molecule has 0 saturated heterocycles. The Bertz CT molecular complexity index is 1140. The molecule has 3 aromatic rings. The molecule has 1 amide bonds. The van der Waals surface area contributed by atoms with Gasteiger partial charge in [-0.25, -0.2) is 13.1 Å². The number of carbonyl (C=O) groups excluding carboxylic acids is 1. The highest BCUT2D eigenvalue weighted by Gasteiger charge is 2.35. The van der Waals surface area contributed by atoms with Gasteiger partial charge in [-0.3, -0.25) is 4.79 Å². The smallest absolute Gasteiger partial charge is 0.268 e. The highest BCUT2D eigenvalue weighted by molar-refractivity contribution is 7.88. The zero-order valence-corrected chi connectivity index (χ0v) is 16.1. The second-order valence-electron chi connectivity index (χ2n) is 6.77. The van der Waals surface area contributed by atoms with Crippen molar-refractivity contribution in [3.8, 4) is 0 Å². The second-order valence-corrected chi connectivity index (χ2v) is 8.98. The SMILES string of the molecule is CS(=O)(=O)N[C@H]1c2ccccc2C[C@@H]1NC(=O)c1cc2cc(Cl)ccc2[nH]1. The molecule has 8 heteroatoms. The lowest BCUT2D eigenvalue weighted by Crippen LogP contribution is -2.44. The van der Waals surface area contributed by atoms with Crippen molar-refractivity contribution < 1.29 is 13.2 Å². The molecule has 2 atom stereocenters. The molecule has 6 nitrogen and oxygen atoms in total. The molecule has 3 N–H and O–H groups in total. The standard InChI is InChI=1S/C19H18ClN3O3S/c1-27(25,26)23-18-14-5-3-2-4-11(14)9-16(18)22-19(24)17-10-12-8-13(20)6-7-15(12)21-17/h2-8,10,16,18,21,23H,9H2,1H3,(H,22,24)/t16-,18-/m0/s1. The third-order valence-electron chi connectivity index (χ3n) is 4.72. The Morgan fingerprint density at radius 3 is 2.74 bits per heavy atom. The van der Waals surface area contributed by atoms with Crippen LogP contribution >= 0.6 is 11.6 Å². The second kappa shape index (κ2) is 6.67. The molecule has 1 aliphatic carbocycles. The summed E-state index contributed by atoms with van der Waals surface area (Å²) in [6.07, 6.45) is 1.68. The highest BCUT2D eigenvalue weighted by atomic mass is 35.5. The Morgan fingerprint density at radius 2 is 1.96 bits per heavy atom. The van der Waals surface area contributed by atoms with E-state index in [1.54, 1.807) is 18.2 Å². The number of aromatic nitrogens is 1. The molecule has 1 heterocycles. The van der Waals surface area contributed by atoms with E-state index in [2.05, 4.69) is 15.0 Å². The van der Waals surface area contributed by atoms with Crippen LogP contribution in [-0.4, -0.2) is 31.6 Å². The first-order chi connectivity index (χ1) is 12.8. The van der Waals surface area contributed by atoms with Gasteiger partial charge in [-0.1, -0.05) is 35.9 Å². The van der Waals surface area contributed by atoms with Crippen molar-refractivity contribution in [3.63, 3.8) is 0 Å². The molecule has 4 rings (SSSR count). The van der Waals surface area contributed by atoms with Gasteiger partial charge in [0.05, 0.1) is 18.3 Å². The Balaban J connectivity index is 1.60. The molecule has 2 aromatic carbocycles. The summed E-state index contributed by atoms with van der Waals surface area (Å²) in [7, 11) is -3.43. The largest absolute Gasteiger partial charge is 0.351 e. The van der Waals surface area contributed by atoms with Crippen molar-refractivity contribution in [1.82, 2.24) is 15.0 Å². The molecule has 0 unspecified atom stereocenters. The Labute approximate surface area is 162 Å². The summed E-state index contributed by atoms with van der Waals surface area (Å²) < 4.78 is 26.3. The first-order valence-corrected chi connectivity index (χ1v) is 10.7. The fraction of sp³-hybridized carbons (Fsp3) is 0.211. The van der Waals surface area contributed by atoms with Crippen molar-refractivity contribution in [3.05, 3.63) is 70.4 Å². The zero-order valence-electron chi connectivity index (χ0n) is 14.5. The Kier molecular flexibility index (Phi) is 4.46. The summed E-state index contributed by atoms with van der Waals surface area (Å²) in [4.78, 5) is 15.8. The summed E-state index contributed by atoms with van der Waals surface area (Å²) in [6.45, 7) is 0. The zero-order chi connectivity index (χ0) is 19.2. The molecule has 0 spiro atoms. The third kappa shape index (κ3) is 3.71. The maximum atomic E-state index is 12.8. The van der Waals surface area contributed by atoms with Crippen LogP contribution < -0.4 is 10.0 Å². The van der Waals surface area contributed by atoms with E-state index >= 15 is 0 Å². The van der Waals surface area contributed by atoms with E-state index in [1.165, 1.54) is 0 Å². The van der Waals surface area contributed by atoms with Crippen LogP contribution in [-0.2, 0) is 16.4 Å². The minimum absolute atomic E-state index is 0.291. The molecule has 0 aliphatic heterocycles. The van der Waals surface area contributed by atoms with Gasteiger partial charge < -0.3 is 10.3 Å². The monoisotopic (exact) mass is 403 g/mol. The van der Waals surface area contributed by atoms with Crippen LogP contribution in [0.3, 0.4) is 0 Å². The van der Waals surface area contributed by atoms with E-state index < -0.39 is 16.1 Å². The number of carbonyl (C=O) groups is 1. The quantitative estimate of drug-likeness (QED) is 0.625. The fourth-order valence-corrected chi connectivity index (χ4v) is 4.51. The first-order valence-electron chi connectivity index (χ1n) is 8.44. The van der Waals surface area contributed by atoms with Gasteiger partial charge in [0.15, 0.2) is 0 Å². The van der Waals surface area contributed by atoms with Gasteiger partial charge in [0.1, 0.15) is 5.69 Å². The lowest BCUT2D eigenvalue weighted by molar-refractivity contribution is 0.0927. The van der Waals surface area contributed by atoms with Gasteiger partial charge in [-0.05, 0) is 41.8 Å². The lowest BCUT2D eigenvalue weighted by Gasteiger charge is -2.22. The number of halogens is 1. The predicted octanol–water partition coefficient (Wildman–Crippen LogP) is 2.77. The number of hydrogen-bond donors (Lipinski definition) is 3. The van der Waals surface area contributed by atoms with Crippen LogP contribution in [0.15, 0.2) is 48.5 Å². The van der Waals surface area contributed by atoms with E-state index in [9.17, 15) is 13.2 Å². The summed E-state index contributed by atoms with van der Waals surface area (Å²) >= 11 is 6.00. The van der Waals surface area contributed by atoms with Gasteiger partial charge in [0, 0.05) is 15.9 Å². The number of aromatic amines is 1. The highest BCUT2D eigenvalue weighted by Crippen LogP contribution is 2.32. The minimum Gasteiger partial charge on any atom is -0.351 e. The lowest BCUT2D eigenvalue weighted by atomic mass is 10.1. The summed E-state index contributed by atoms with van der Waals surface area (Å²) in [5.74, 6) is -0.291. The fourth-order valence-electron chi connectivity index (χ4n) is 3.58. The van der Waals surface area contributed by atoms with E-state index in [-0.39, 0.29) is 11.9 Å². The van der Waals surface area contributed by atoms with Gasteiger partial charge in [-0.15, -0.1) is 0 Å². The molecule has 0 fully saturated rings. The molecular formula is C19H18ClN3O3S. The van der Waals surface area contributed by atoms with Crippen LogP contribution in [0.1, 0.15) is 27.7 Å². The summed E-state index contributed by atoms with van der Waals surface area (Å²) in [5, 5.41) is 4.40. The van der Waals surface area contributed by atoms with Crippen molar-refractivity contribution >= 4 is 38.4 Å². The molecule has 1 aliphatic rings. The van der Waals surface area contributed by atoms with E-state index in [0.29, 0.717) is 17.1 Å². The van der Waals surface area contributed by atoms with Crippen molar-refractivity contribution in [2.45, 2.75) is 18.5 Å². The molecule has 0 bridgehead atoms. The maximum absolute atomic E-state index is 12.8. The van der Waals surface area contributed by atoms with Gasteiger partial charge >= 0.3 is 0 Å². The van der Waals surface area contributed by atoms with Crippen LogP contribution in [0.2, 0.25) is 5.02 Å². The minimum atomic E-state index is -3.43. The summed E-state index contributed by atoms with van der Waals surface area (Å²) in [5.41, 5.74) is 3.12. The van der Waals surface area contributed by atoms with Crippen molar-refractivity contribution in [1.29, 1.82) is 0 Å². The maximum Gasteiger partial charge on any atom is 0.268 e. The van der Waals surface area contributed by atoms with Crippen LogP contribution in [0.4, 0.5) is 0 Å². The molecule has 1 aromatic heterocycles. The van der Waals surface area contributed by atoms with E-state index in [1.807, 2.05) is 30.3 Å². The molecule has 0 radical (unpaired) electrons. The average Bonchev–Trinajstić information content (AvgIpc) is 3.15. The topological polar surface area (TPSA) is 91.1 Å². The van der Waals surface area contributed by atoms with E-state index in [0.717, 1.165) is 28.3 Å². The molecule has 27 heavy (non-hydrogen) atoms. The van der Waals surface area contributed by atoms with Gasteiger partial charge in [0.2, 0.25) is 10.0 Å². The number of amides is 1. The number of H-pyrrole nitrogens is 1. The summed E-state index contributed by atoms with van der Waals surface area (Å²) in [6, 6.07) is 13.8. The molecule has 140 valence electrons. The Morgan fingerprint density at radius 1 is 1.19 bits per heavy atom. The van der Waals surface area contributed by atoms with E-state index in [4.69, 9.17) is 11.6 Å². The third-order valence-corrected chi connectivity index (χ3v) is 5.63.